The predicted molar refractivity (Wildman–Crippen MR) is 55.8 cm³/mol. The van der Waals surface area contributed by atoms with Crippen LogP contribution in [0.1, 0.15) is 6.92 Å². The van der Waals surface area contributed by atoms with Crippen LogP contribution in [0.15, 0.2) is 18.2 Å². The molecular weight excluding hydrogens is 238 g/mol. The van der Waals surface area contributed by atoms with E-state index in [2.05, 4.69) is 0 Å². The SMILES string of the molecule is CC(Oc1ccc(Cl)cc1[N+](=O)[O-])C(=O)O. The fraction of sp³-hybridized carbons (Fsp3) is 0.222. The zero-order valence-electron chi connectivity index (χ0n) is 8.21. The van der Waals surface area contributed by atoms with Gasteiger partial charge < -0.3 is 9.84 Å². The van der Waals surface area contributed by atoms with Gasteiger partial charge in [0.2, 0.25) is 0 Å². The van der Waals surface area contributed by atoms with Crippen LogP contribution in [0.5, 0.6) is 5.75 Å². The van der Waals surface area contributed by atoms with Crippen LogP contribution >= 0.6 is 11.6 Å². The summed E-state index contributed by atoms with van der Waals surface area (Å²) in [6.07, 6.45) is -1.17. The monoisotopic (exact) mass is 245 g/mol. The van der Waals surface area contributed by atoms with Crippen LogP contribution in [0, 0.1) is 10.1 Å². The molecule has 0 saturated carbocycles. The maximum absolute atomic E-state index is 10.6. The van der Waals surface area contributed by atoms with E-state index in [9.17, 15) is 14.9 Å². The van der Waals surface area contributed by atoms with Crippen LogP contribution in [-0.2, 0) is 4.79 Å². The van der Waals surface area contributed by atoms with Gasteiger partial charge in [0.25, 0.3) is 0 Å². The lowest BCUT2D eigenvalue weighted by molar-refractivity contribution is -0.386. The molecule has 86 valence electrons. The van der Waals surface area contributed by atoms with Crippen LogP contribution < -0.4 is 4.74 Å². The van der Waals surface area contributed by atoms with E-state index in [0.29, 0.717) is 0 Å². The minimum absolute atomic E-state index is 0.121. The lowest BCUT2D eigenvalue weighted by atomic mass is 10.3. The Labute approximate surface area is 95.6 Å². The number of ether oxygens (including phenoxy) is 1. The number of carbonyl (C=O) groups is 1. The topological polar surface area (TPSA) is 89.7 Å². The molecule has 0 bridgehead atoms. The van der Waals surface area contributed by atoms with E-state index in [1.165, 1.54) is 19.1 Å². The number of nitrogens with zero attached hydrogens (tertiary/aromatic N) is 1. The molecule has 0 amide bonds. The zero-order chi connectivity index (χ0) is 12.3. The van der Waals surface area contributed by atoms with Crippen LogP contribution in [-0.4, -0.2) is 22.1 Å². The van der Waals surface area contributed by atoms with Crippen molar-refractivity contribution in [3.8, 4) is 5.75 Å². The normalized spacial score (nSPS) is 11.9. The summed E-state index contributed by atoms with van der Waals surface area (Å²) in [5, 5.41) is 19.4. The molecule has 1 aromatic rings. The molecule has 0 aliphatic heterocycles. The second kappa shape index (κ2) is 4.80. The molecule has 0 spiro atoms. The molecule has 6 nitrogen and oxygen atoms in total. The quantitative estimate of drug-likeness (QED) is 0.648. The minimum atomic E-state index is -1.20. The van der Waals surface area contributed by atoms with Gasteiger partial charge in [0.1, 0.15) is 0 Å². The molecule has 0 radical (unpaired) electrons. The first-order valence-electron chi connectivity index (χ1n) is 4.25. The Morgan fingerprint density at radius 3 is 2.75 bits per heavy atom. The molecule has 0 aliphatic rings. The van der Waals surface area contributed by atoms with E-state index in [0.717, 1.165) is 6.07 Å². The second-order valence-electron chi connectivity index (χ2n) is 2.97. The van der Waals surface area contributed by atoms with Crippen molar-refractivity contribution in [1.82, 2.24) is 0 Å². The van der Waals surface area contributed by atoms with Crippen molar-refractivity contribution in [3.05, 3.63) is 33.3 Å². The number of carboxylic acid groups (broad SMARTS) is 1. The van der Waals surface area contributed by atoms with Crippen molar-refractivity contribution in [2.45, 2.75) is 13.0 Å². The van der Waals surface area contributed by atoms with Gasteiger partial charge in [-0.2, -0.15) is 0 Å². The molecule has 1 aromatic carbocycles. The molecule has 1 atom stereocenters. The molecular formula is C9H8ClNO5. The van der Waals surface area contributed by atoms with Crippen molar-refractivity contribution < 1.29 is 19.6 Å². The summed E-state index contributed by atoms with van der Waals surface area (Å²) >= 11 is 5.58. The molecule has 0 fully saturated rings. The average molecular weight is 246 g/mol. The third-order valence-electron chi connectivity index (χ3n) is 1.77. The maximum Gasteiger partial charge on any atom is 0.344 e. The number of nitro groups is 1. The van der Waals surface area contributed by atoms with Gasteiger partial charge >= 0.3 is 11.7 Å². The van der Waals surface area contributed by atoms with E-state index in [4.69, 9.17) is 21.4 Å². The van der Waals surface area contributed by atoms with Crippen molar-refractivity contribution in [2.24, 2.45) is 0 Å². The molecule has 0 heterocycles. The van der Waals surface area contributed by atoms with Gasteiger partial charge in [0, 0.05) is 11.1 Å². The highest BCUT2D eigenvalue weighted by Crippen LogP contribution is 2.30. The van der Waals surface area contributed by atoms with Crippen LogP contribution in [0.2, 0.25) is 5.02 Å². The summed E-state index contributed by atoms with van der Waals surface area (Å²) in [7, 11) is 0. The van der Waals surface area contributed by atoms with E-state index in [1.54, 1.807) is 0 Å². The first-order chi connectivity index (χ1) is 7.41. The third kappa shape index (κ3) is 2.83. The van der Waals surface area contributed by atoms with Crippen LogP contribution in [0.4, 0.5) is 5.69 Å². The van der Waals surface area contributed by atoms with Gasteiger partial charge in [-0.3, -0.25) is 10.1 Å². The van der Waals surface area contributed by atoms with Gasteiger partial charge in [0.15, 0.2) is 11.9 Å². The van der Waals surface area contributed by atoms with Gasteiger partial charge in [-0.15, -0.1) is 0 Å². The Morgan fingerprint density at radius 2 is 2.25 bits per heavy atom. The lowest BCUT2D eigenvalue weighted by Gasteiger charge is -2.10. The molecule has 1 N–H and O–H groups in total. The Balaban J connectivity index is 3.04. The Hall–Kier alpha value is -1.82. The summed E-state index contributed by atoms with van der Waals surface area (Å²) in [5.41, 5.74) is -0.361. The Kier molecular flexibility index (Phi) is 3.68. The summed E-state index contributed by atoms with van der Waals surface area (Å²) < 4.78 is 4.92. The fourth-order valence-corrected chi connectivity index (χ4v) is 1.14. The predicted octanol–water partition coefficient (Wildman–Crippen LogP) is 2.10. The fourth-order valence-electron chi connectivity index (χ4n) is 0.974. The summed E-state index contributed by atoms with van der Waals surface area (Å²) in [5.74, 6) is -1.33. The van der Waals surface area contributed by atoms with Gasteiger partial charge in [0.05, 0.1) is 4.92 Å². The molecule has 7 heteroatoms. The van der Waals surface area contributed by atoms with Crippen molar-refractivity contribution in [2.75, 3.05) is 0 Å². The van der Waals surface area contributed by atoms with E-state index < -0.39 is 17.0 Å². The number of hydrogen-bond donors (Lipinski definition) is 1. The molecule has 16 heavy (non-hydrogen) atoms. The summed E-state index contributed by atoms with van der Waals surface area (Å²) in [6.45, 7) is 1.28. The third-order valence-corrected chi connectivity index (χ3v) is 2.00. The largest absolute Gasteiger partial charge is 0.479 e. The molecule has 0 aliphatic carbocycles. The first-order valence-corrected chi connectivity index (χ1v) is 4.63. The van der Waals surface area contributed by atoms with Gasteiger partial charge in [-0.25, -0.2) is 4.79 Å². The highest BCUT2D eigenvalue weighted by Gasteiger charge is 2.20. The van der Waals surface area contributed by atoms with Crippen molar-refractivity contribution in [1.29, 1.82) is 0 Å². The molecule has 1 unspecified atom stereocenters. The number of hydrogen-bond acceptors (Lipinski definition) is 4. The Morgan fingerprint density at radius 1 is 1.62 bits per heavy atom. The number of aliphatic carboxylic acids is 1. The zero-order valence-corrected chi connectivity index (χ0v) is 8.97. The lowest BCUT2D eigenvalue weighted by Crippen LogP contribution is -2.23. The first kappa shape index (κ1) is 12.3. The highest BCUT2D eigenvalue weighted by atomic mass is 35.5. The number of halogens is 1. The van der Waals surface area contributed by atoms with Gasteiger partial charge in [-0.05, 0) is 19.1 Å². The molecule has 1 rings (SSSR count). The number of rotatable bonds is 4. The molecule has 0 aromatic heterocycles. The van der Waals surface area contributed by atoms with Crippen LogP contribution in [0.3, 0.4) is 0 Å². The van der Waals surface area contributed by atoms with Crippen LogP contribution in [0.25, 0.3) is 0 Å². The standard InChI is InChI=1S/C9H8ClNO5/c1-5(9(12)13)16-8-3-2-6(10)4-7(8)11(14)15/h2-5H,1H3,(H,12,13). The average Bonchev–Trinajstić information content (AvgIpc) is 2.20. The second-order valence-corrected chi connectivity index (χ2v) is 3.40. The maximum atomic E-state index is 10.6. The smallest absolute Gasteiger partial charge is 0.344 e. The summed E-state index contributed by atoms with van der Waals surface area (Å²) in [4.78, 5) is 20.5. The van der Waals surface area contributed by atoms with Crippen molar-refractivity contribution >= 4 is 23.3 Å². The number of nitro benzene ring substituents is 1. The van der Waals surface area contributed by atoms with Crippen molar-refractivity contribution in [3.63, 3.8) is 0 Å². The number of benzene rings is 1. The van der Waals surface area contributed by atoms with Gasteiger partial charge in [-0.1, -0.05) is 11.6 Å². The van der Waals surface area contributed by atoms with E-state index in [-0.39, 0.29) is 16.5 Å². The molecule has 0 saturated heterocycles. The van der Waals surface area contributed by atoms with E-state index in [1.807, 2.05) is 0 Å². The summed E-state index contributed by atoms with van der Waals surface area (Å²) in [6, 6.07) is 3.75. The number of carboxylic acids is 1. The minimum Gasteiger partial charge on any atom is -0.479 e. The highest BCUT2D eigenvalue weighted by molar-refractivity contribution is 6.30. The Bertz CT molecular complexity index is 434. The van der Waals surface area contributed by atoms with E-state index >= 15 is 0 Å².